The number of aliphatic imine (C=N–C) groups is 1. The normalized spacial score (nSPS) is 23.2. The molecule has 4 rings (SSSR count). The SMILES string of the molecule is FC(F)(F)Cc1ccc2c(c1)N(N1CC3(CCNCC3)C1)CN=C2. The molecule has 3 aliphatic rings. The van der Waals surface area contributed by atoms with E-state index in [0.717, 1.165) is 37.4 Å². The monoisotopic (exact) mass is 338 g/mol. The van der Waals surface area contributed by atoms with Gasteiger partial charge in [0.05, 0.1) is 12.1 Å². The van der Waals surface area contributed by atoms with Gasteiger partial charge in [0.25, 0.3) is 0 Å². The van der Waals surface area contributed by atoms with Crippen LogP contribution in [0.5, 0.6) is 0 Å². The molecule has 2 saturated heterocycles. The van der Waals surface area contributed by atoms with E-state index in [0.29, 0.717) is 17.6 Å². The molecule has 3 aliphatic heterocycles. The molecule has 1 spiro atoms. The number of nitrogens with one attached hydrogen (secondary N) is 1. The molecule has 0 radical (unpaired) electrons. The molecule has 1 aromatic rings. The van der Waals surface area contributed by atoms with E-state index in [4.69, 9.17) is 0 Å². The molecule has 2 fully saturated rings. The highest BCUT2D eigenvalue weighted by Gasteiger charge is 2.46. The maximum Gasteiger partial charge on any atom is 0.393 e. The Hall–Kier alpha value is -1.60. The number of alkyl halides is 3. The number of anilines is 1. The molecule has 0 unspecified atom stereocenters. The molecule has 0 aromatic heterocycles. The Morgan fingerprint density at radius 1 is 1.17 bits per heavy atom. The summed E-state index contributed by atoms with van der Waals surface area (Å²) >= 11 is 0. The number of hydrogen-bond donors (Lipinski definition) is 1. The summed E-state index contributed by atoms with van der Waals surface area (Å²) in [5.41, 5.74) is 2.41. The van der Waals surface area contributed by atoms with E-state index in [1.165, 1.54) is 12.8 Å². The smallest absolute Gasteiger partial charge is 0.317 e. The highest BCUT2D eigenvalue weighted by molar-refractivity contribution is 5.89. The van der Waals surface area contributed by atoms with E-state index in [1.54, 1.807) is 24.4 Å². The van der Waals surface area contributed by atoms with Crippen molar-refractivity contribution in [3.63, 3.8) is 0 Å². The lowest BCUT2D eigenvalue weighted by Crippen LogP contribution is -2.65. The van der Waals surface area contributed by atoms with Crippen molar-refractivity contribution in [2.75, 3.05) is 37.9 Å². The van der Waals surface area contributed by atoms with Crippen LogP contribution >= 0.6 is 0 Å². The molecule has 0 amide bonds. The van der Waals surface area contributed by atoms with Crippen LogP contribution in [0.4, 0.5) is 18.9 Å². The lowest BCUT2D eigenvalue weighted by atomic mass is 9.73. The van der Waals surface area contributed by atoms with Gasteiger partial charge in [0.1, 0.15) is 6.67 Å². The van der Waals surface area contributed by atoms with Gasteiger partial charge in [-0.25, -0.2) is 5.01 Å². The summed E-state index contributed by atoms with van der Waals surface area (Å²) in [4.78, 5) is 4.37. The van der Waals surface area contributed by atoms with E-state index >= 15 is 0 Å². The molecule has 3 heterocycles. The molecule has 4 nitrogen and oxygen atoms in total. The largest absolute Gasteiger partial charge is 0.393 e. The Kier molecular flexibility index (Phi) is 3.80. The zero-order chi connectivity index (χ0) is 16.8. The zero-order valence-corrected chi connectivity index (χ0v) is 13.4. The van der Waals surface area contributed by atoms with Crippen LogP contribution in [-0.4, -0.2) is 50.2 Å². The molecule has 130 valence electrons. The molecular weight excluding hydrogens is 317 g/mol. The van der Waals surface area contributed by atoms with Gasteiger partial charge in [-0.2, -0.15) is 13.2 Å². The molecule has 7 heteroatoms. The molecule has 24 heavy (non-hydrogen) atoms. The summed E-state index contributed by atoms with van der Waals surface area (Å²) in [6.07, 6.45) is -0.981. The van der Waals surface area contributed by atoms with Crippen molar-refractivity contribution in [3.05, 3.63) is 29.3 Å². The minimum Gasteiger partial charge on any atom is -0.317 e. The van der Waals surface area contributed by atoms with Gasteiger partial charge in [-0.3, -0.25) is 10.0 Å². The van der Waals surface area contributed by atoms with Crippen molar-refractivity contribution in [1.29, 1.82) is 0 Å². The van der Waals surface area contributed by atoms with Gasteiger partial charge in [0, 0.05) is 30.3 Å². The minimum absolute atomic E-state index is 0.304. The number of hydrogen-bond acceptors (Lipinski definition) is 4. The third-order valence-electron chi connectivity index (χ3n) is 5.26. The predicted molar refractivity (Wildman–Crippen MR) is 87.3 cm³/mol. The van der Waals surface area contributed by atoms with Crippen LogP contribution in [0.3, 0.4) is 0 Å². The fourth-order valence-corrected chi connectivity index (χ4v) is 3.97. The van der Waals surface area contributed by atoms with E-state index in [-0.39, 0.29) is 0 Å². The quantitative estimate of drug-likeness (QED) is 0.899. The molecule has 0 atom stereocenters. The highest BCUT2D eigenvalue weighted by atomic mass is 19.4. The average Bonchev–Trinajstić information content (AvgIpc) is 2.51. The first kappa shape index (κ1) is 15.9. The molecular formula is C17H21F3N4. The second kappa shape index (κ2) is 5.74. The summed E-state index contributed by atoms with van der Waals surface area (Å²) in [6, 6.07) is 4.96. The Balaban J connectivity index is 1.53. The topological polar surface area (TPSA) is 30.9 Å². The number of benzene rings is 1. The van der Waals surface area contributed by atoms with Crippen LogP contribution in [0.25, 0.3) is 0 Å². The molecule has 0 bridgehead atoms. The molecule has 1 N–H and O–H groups in total. The van der Waals surface area contributed by atoms with Gasteiger partial charge < -0.3 is 5.32 Å². The third kappa shape index (κ3) is 3.02. The maximum atomic E-state index is 12.7. The summed E-state index contributed by atoms with van der Waals surface area (Å²) < 4.78 is 38.1. The summed E-state index contributed by atoms with van der Waals surface area (Å²) in [5.74, 6) is 0. The highest BCUT2D eigenvalue weighted by Crippen LogP contribution is 2.41. The Morgan fingerprint density at radius 3 is 2.62 bits per heavy atom. The van der Waals surface area contributed by atoms with Crippen molar-refractivity contribution < 1.29 is 13.2 Å². The predicted octanol–water partition coefficient (Wildman–Crippen LogP) is 2.59. The van der Waals surface area contributed by atoms with E-state index in [9.17, 15) is 13.2 Å². The van der Waals surface area contributed by atoms with Gasteiger partial charge in [0.2, 0.25) is 0 Å². The molecule has 0 saturated carbocycles. The van der Waals surface area contributed by atoms with Gasteiger partial charge in [0.15, 0.2) is 0 Å². The number of piperidine rings is 1. The lowest BCUT2D eigenvalue weighted by Gasteiger charge is -2.56. The van der Waals surface area contributed by atoms with Crippen LogP contribution in [0.2, 0.25) is 0 Å². The van der Waals surface area contributed by atoms with Crippen molar-refractivity contribution in [1.82, 2.24) is 10.3 Å². The third-order valence-corrected chi connectivity index (χ3v) is 5.26. The van der Waals surface area contributed by atoms with Crippen LogP contribution in [-0.2, 0) is 6.42 Å². The maximum absolute atomic E-state index is 12.7. The number of hydrazine groups is 1. The van der Waals surface area contributed by atoms with Gasteiger partial charge >= 0.3 is 6.18 Å². The second-order valence-corrected chi connectivity index (χ2v) is 7.11. The Labute approximate surface area is 139 Å². The van der Waals surface area contributed by atoms with Crippen LogP contribution in [0.1, 0.15) is 24.0 Å². The minimum atomic E-state index is -4.18. The Morgan fingerprint density at radius 2 is 1.92 bits per heavy atom. The van der Waals surface area contributed by atoms with E-state index < -0.39 is 12.6 Å². The van der Waals surface area contributed by atoms with Crippen LogP contribution in [0, 0.1) is 5.41 Å². The number of nitrogens with zero attached hydrogens (tertiary/aromatic N) is 3. The lowest BCUT2D eigenvalue weighted by molar-refractivity contribution is -0.127. The van der Waals surface area contributed by atoms with Crippen LogP contribution < -0.4 is 10.3 Å². The fraction of sp³-hybridized carbons (Fsp3) is 0.588. The first-order chi connectivity index (χ1) is 11.4. The number of fused-ring (bicyclic) bond motifs is 1. The molecule has 0 aliphatic carbocycles. The van der Waals surface area contributed by atoms with Gasteiger partial charge in [-0.15, -0.1) is 0 Å². The summed E-state index contributed by atoms with van der Waals surface area (Å²) in [6.45, 7) is 4.52. The standard InChI is InChI=1S/C17H21F3N4/c18-17(19,20)8-13-1-2-14-9-22-12-24(15(14)7-13)23-10-16(11-23)3-5-21-6-4-16/h1-2,7,9,21H,3-6,8,10-12H2. The Bertz CT molecular complexity index is 642. The number of halogens is 3. The first-order valence-corrected chi connectivity index (χ1v) is 8.37. The van der Waals surface area contributed by atoms with E-state index in [2.05, 4.69) is 15.3 Å². The van der Waals surface area contributed by atoms with Gasteiger partial charge in [-0.1, -0.05) is 12.1 Å². The van der Waals surface area contributed by atoms with Crippen molar-refractivity contribution >= 4 is 11.9 Å². The first-order valence-electron chi connectivity index (χ1n) is 8.37. The summed E-state index contributed by atoms with van der Waals surface area (Å²) in [7, 11) is 0. The summed E-state index contributed by atoms with van der Waals surface area (Å²) in [5, 5.41) is 7.66. The second-order valence-electron chi connectivity index (χ2n) is 7.11. The van der Waals surface area contributed by atoms with Crippen LogP contribution in [0.15, 0.2) is 23.2 Å². The van der Waals surface area contributed by atoms with Crippen molar-refractivity contribution in [3.8, 4) is 0 Å². The van der Waals surface area contributed by atoms with Gasteiger partial charge in [-0.05, 0) is 37.6 Å². The molecule has 1 aromatic carbocycles. The van der Waals surface area contributed by atoms with Crippen molar-refractivity contribution in [2.45, 2.75) is 25.4 Å². The fourth-order valence-electron chi connectivity index (χ4n) is 3.97. The zero-order valence-electron chi connectivity index (χ0n) is 13.4. The van der Waals surface area contributed by atoms with E-state index in [1.807, 2.05) is 5.01 Å². The average molecular weight is 338 g/mol. The van der Waals surface area contributed by atoms with Crippen molar-refractivity contribution in [2.24, 2.45) is 10.4 Å². The number of rotatable bonds is 2.